The number of hydrogen-bond donors (Lipinski definition) is 2. The highest BCUT2D eigenvalue weighted by Crippen LogP contribution is 2.25. The molecule has 1 aromatic heterocycles. The summed E-state index contributed by atoms with van der Waals surface area (Å²) in [4.78, 5) is 18.5. The third kappa shape index (κ3) is 4.24. The molecule has 4 rings (SSSR count). The van der Waals surface area contributed by atoms with Crippen LogP contribution in [0.3, 0.4) is 0 Å². The molecule has 9 heteroatoms. The Balaban J connectivity index is 1.52. The largest absolute Gasteiger partial charge is 0.378 e. The average molecular weight is 402 g/mol. The zero-order valence-corrected chi connectivity index (χ0v) is 15.2. The van der Waals surface area contributed by atoms with Gasteiger partial charge in [0, 0.05) is 30.2 Å². The Kier molecular flexibility index (Phi) is 5.22. The smallest absolute Gasteiger partial charge is 0.323 e. The monoisotopic (exact) mass is 402 g/mol. The van der Waals surface area contributed by atoms with E-state index in [-0.39, 0.29) is 16.9 Å². The molecule has 0 bridgehead atoms. The van der Waals surface area contributed by atoms with Crippen LogP contribution in [0, 0.1) is 17.5 Å². The number of benzene rings is 2. The number of aromatic nitrogens is 1. The van der Waals surface area contributed by atoms with Crippen LogP contribution >= 0.6 is 0 Å². The maximum absolute atomic E-state index is 14.6. The Morgan fingerprint density at radius 3 is 2.52 bits per heavy atom. The van der Waals surface area contributed by atoms with Crippen molar-refractivity contribution < 1.29 is 22.7 Å². The number of nitrogens with one attached hydrogen (secondary N) is 2. The van der Waals surface area contributed by atoms with Gasteiger partial charge in [-0.1, -0.05) is 0 Å². The normalized spacial score (nSPS) is 14.1. The lowest BCUT2D eigenvalue weighted by molar-refractivity contribution is 0.122. The number of morpholine rings is 1. The molecule has 2 heterocycles. The summed E-state index contributed by atoms with van der Waals surface area (Å²) >= 11 is 0. The maximum Gasteiger partial charge on any atom is 0.323 e. The zero-order valence-electron chi connectivity index (χ0n) is 15.2. The average Bonchev–Trinajstić information content (AvgIpc) is 2.70. The Morgan fingerprint density at radius 2 is 1.76 bits per heavy atom. The van der Waals surface area contributed by atoms with Crippen molar-refractivity contribution in [3.63, 3.8) is 0 Å². The third-order valence-corrected chi connectivity index (χ3v) is 4.50. The van der Waals surface area contributed by atoms with Gasteiger partial charge < -0.3 is 20.3 Å². The number of anilines is 3. The number of nitrogens with zero attached hydrogens (tertiary/aromatic N) is 2. The third-order valence-electron chi connectivity index (χ3n) is 4.50. The molecule has 1 aliphatic rings. The number of amides is 2. The number of urea groups is 1. The van der Waals surface area contributed by atoms with Gasteiger partial charge >= 0.3 is 6.03 Å². The lowest BCUT2D eigenvalue weighted by Crippen LogP contribution is -2.36. The van der Waals surface area contributed by atoms with Gasteiger partial charge in [-0.3, -0.25) is 0 Å². The van der Waals surface area contributed by atoms with Crippen LogP contribution in [-0.2, 0) is 4.74 Å². The van der Waals surface area contributed by atoms with Gasteiger partial charge in [0.2, 0.25) is 0 Å². The van der Waals surface area contributed by atoms with E-state index in [1.807, 2.05) is 4.90 Å². The van der Waals surface area contributed by atoms with E-state index in [9.17, 15) is 18.0 Å². The van der Waals surface area contributed by atoms with Gasteiger partial charge in [-0.2, -0.15) is 0 Å². The van der Waals surface area contributed by atoms with Crippen LogP contribution in [0.1, 0.15) is 0 Å². The van der Waals surface area contributed by atoms with Gasteiger partial charge in [0.15, 0.2) is 5.82 Å². The fourth-order valence-corrected chi connectivity index (χ4v) is 3.10. The first-order chi connectivity index (χ1) is 14.0. The molecule has 0 spiro atoms. The van der Waals surface area contributed by atoms with Crippen LogP contribution in [0.15, 0.2) is 42.5 Å². The minimum absolute atomic E-state index is 0.177. The van der Waals surface area contributed by atoms with E-state index in [4.69, 9.17) is 4.74 Å². The van der Waals surface area contributed by atoms with Gasteiger partial charge in [0.25, 0.3) is 0 Å². The number of carbonyl (C=O) groups is 1. The van der Waals surface area contributed by atoms with Gasteiger partial charge in [-0.05, 0) is 36.4 Å². The minimum Gasteiger partial charge on any atom is -0.378 e. The quantitative estimate of drug-likeness (QED) is 0.691. The van der Waals surface area contributed by atoms with Crippen LogP contribution in [0.2, 0.25) is 0 Å². The molecule has 0 radical (unpaired) electrons. The molecule has 0 saturated carbocycles. The summed E-state index contributed by atoms with van der Waals surface area (Å²) in [5, 5.41) is 5.20. The van der Waals surface area contributed by atoms with Crippen molar-refractivity contribution in [3.05, 3.63) is 59.9 Å². The van der Waals surface area contributed by atoms with Gasteiger partial charge in [-0.15, -0.1) is 0 Å². The number of halogens is 3. The molecular weight excluding hydrogens is 385 g/mol. The fraction of sp³-hybridized carbons (Fsp3) is 0.200. The summed E-state index contributed by atoms with van der Waals surface area (Å²) < 4.78 is 46.5. The summed E-state index contributed by atoms with van der Waals surface area (Å²) in [6.45, 7) is 2.55. The summed E-state index contributed by atoms with van der Waals surface area (Å²) in [5.41, 5.74) is 0.169. The number of fused-ring (bicyclic) bond motifs is 1. The van der Waals surface area contributed by atoms with Crippen LogP contribution in [0.4, 0.5) is 35.2 Å². The first kappa shape index (κ1) is 19.0. The molecule has 0 aliphatic carbocycles. The standard InChI is InChI=1S/C20H17F3N4O2/c21-13-2-3-17(15(22)10-13)25-20(28)24-14-9-12-1-4-18(26-19(12)16(23)11-14)27-5-7-29-8-6-27/h1-4,9-11H,5-8H2,(H2,24,25,28). The van der Waals surface area contributed by atoms with E-state index in [0.717, 1.165) is 18.2 Å². The predicted octanol–water partition coefficient (Wildman–Crippen LogP) is 4.13. The molecule has 3 aromatic rings. The van der Waals surface area contributed by atoms with Crippen molar-refractivity contribution in [1.29, 1.82) is 0 Å². The molecule has 2 N–H and O–H groups in total. The SMILES string of the molecule is O=C(Nc1cc(F)c2nc(N3CCOCC3)ccc2c1)Nc1ccc(F)cc1F. The Morgan fingerprint density at radius 1 is 0.966 bits per heavy atom. The van der Waals surface area contributed by atoms with Gasteiger partial charge in [-0.25, -0.2) is 22.9 Å². The van der Waals surface area contributed by atoms with E-state index in [1.165, 1.54) is 0 Å². The van der Waals surface area contributed by atoms with Gasteiger partial charge in [0.05, 0.1) is 18.9 Å². The summed E-state index contributed by atoms with van der Waals surface area (Å²) in [6, 6.07) is 8.20. The number of hydrogen-bond acceptors (Lipinski definition) is 4. The van der Waals surface area contributed by atoms with Crippen molar-refractivity contribution in [2.45, 2.75) is 0 Å². The zero-order chi connectivity index (χ0) is 20.4. The molecule has 0 atom stereocenters. The van der Waals surface area contributed by atoms with Crippen molar-refractivity contribution >= 4 is 34.1 Å². The second kappa shape index (κ2) is 7.96. The molecule has 29 heavy (non-hydrogen) atoms. The summed E-state index contributed by atoms with van der Waals surface area (Å²) in [5.74, 6) is -1.61. The number of pyridine rings is 1. The summed E-state index contributed by atoms with van der Waals surface area (Å²) in [7, 11) is 0. The van der Waals surface area contributed by atoms with Crippen LogP contribution < -0.4 is 15.5 Å². The minimum atomic E-state index is -0.912. The van der Waals surface area contributed by atoms with E-state index in [2.05, 4.69) is 15.6 Å². The molecule has 0 unspecified atom stereocenters. The molecule has 1 aliphatic heterocycles. The van der Waals surface area contributed by atoms with Crippen molar-refractivity contribution in [2.24, 2.45) is 0 Å². The van der Waals surface area contributed by atoms with Crippen molar-refractivity contribution in [2.75, 3.05) is 41.8 Å². The maximum atomic E-state index is 14.6. The van der Waals surface area contributed by atoms with Crippen molar-refractivity contribution in [1.82, 2.24) is 4.98 Å². The molecule has 1 fully saturated rings. The van der Waals surface area contributed by atoms with E-state index in [1.54, 1.807) is 18.2 Å². The molecule has 2 amide bonds. The Bertz CT molecular complexity index is 1070. The highest BCUT2D eigenvalue weighted by atomic mass is 19.1. The molecule has 2 aromatic carbocycles. The van der Waals surface area contributed by atoms with Crippen LogP contribution in [0.5, 0.6) is 0 Å². The lowest BCUT2D eigenvalue weighted by atomic mass is 10.2. The van der Waals surface area contributed by atoms with E-state index < -0.39 is 23.5 Å². The second-order valence-electron chi connectivity index (χ2n) is 6.50. The molecule has 6 nitrogen and oxygen atoms in total. The first-order valence-corrected chi connectivity index (χ1v) is 8.96. The molecular formula is C20H17F3N4O2. The number of rotatable bonds is 3. The topological polar surface area (TPSA) is 66.5 Å². The summed E-state index contributed by atoms with van der Waals surface area (Å²) in [6.07, 6.45) is 0. The van der Waals surface area contributed by atoms with E-state index in [0.29, 0.717) is 43.6 Å². The highest BCUT2D eigenvalue weighted by molar-refractivity contribution is 6.01. The lowest BCUT2D eigenvalue weighted by Gasteiger charge is -2.28. The van der Waals surface area contributed by atoms with Gasteiger partial charge in [0.1, 0.15) is 23.0 Å². The highest BCUT2D eigenvalue weighted by Gasteiger charge is 2.15. The number of carbonyl (C=O) groups excluding carboxylic acids is 1. The van der Waals surface area contributed by atoms with Crippen LogP contribution in [0.25, 0.3) is 10.9 Å². The van der Waals surface area contributed by atoms with E-state index >= 15 is 0 Å². The second-order valence-corrected chi connectivity index (χ2v) is 6.50. The molecule has 150 valence electrons. The first-order valence-electron chi connectivity index (χ1n) is 8.96. The Labute approximate surface area is 164 Å². The molecule has 1 saturated heterocycles. The van der Waals surface area contributed by atoms with Crippen LogP contribution in [-0.4, -0.2) is 37.3 Å². The Hall–Kier alpha value is -3.33. The number of ether oxygens (including phenoxy) is 1. The predicted molar refractivity (Wildman–Crippen MR) is 104 cm³/mol. The van der Waals surface area contributed by atoms with Crippen molar-refractivity contribution in [3.8, 4) is 0 Å². The fourth-order valence-electron chi connectivity index (χ4n) is 3.10.